The van der Waals surface area contributed by atoms with E-state index < -0.39 is 0 Å². The monoisotopic (exact) mass is 451 g/mol. The predicted molar refractivity (Wildman–Crippen MR) is 136 cm³/mol. The van der Waals surface area contributed by atoms with E-state index in [-0.39, 0.29) is 16.6 Å². The Morgan fingerprint density at radius 2 is 1.55 bits per heavy atom. The van der Waals surface area contributed by atoms with Gasteiger partial charge in [-0.05, 0) is 78.8 Å². The molecule has 0 unspecified atom stereocenters. The third-order valence-corrected chi connectivity index (χ3v) is 7.81. The molecule has 1 aromatic carbocycles. The zero-order valence-electron chi connectivity index (χ0n) is 20.9. The van der Waals surface area contributed by atoms with Gasteiger partial charge in [-0.15, -0.1) is 0 Å². The van der Waals surface area contributed by atoms with Crippen LogP contribution in [0.1, 0.15) is 70.9 Å². The van der Waals surface area contributed by atoms with Crippen LogP contribution in [0.3, 0.4) is 0 Å². The highest BCUT2D eigenvalue weighted by molar-refractivity contribution is 5.70. The van der Waals surface area contributed by atoms with Gasteiger partial charge < -0.3 is 15.1 Å². The number of unbranched alkanes of at least 4 members (excludes halogenated alkanes) is 2. The third kappa shape index (κ3) is 5.20. The van der Waals surface area contributed by atoms with Crippen molar-refractivity contribution in [3.05, 3.63) is 41.5 Å². The summed E-state index contributed by atoms with van der Waals surface area (Å²) in [6.45, 7) is 14.7. The summed E-state index contributed by atoms with van der Waals surface area (Å²) < 4.78 is 0. The lowest BCUT2D eigenvalue weighted by Crippen LogP contribution is -2.46. The average Bonchev–Trinajstić information content (AvgIpc) is 2.80. The van der Waals surface area contributed by atoms with Crippen molar-refractivity contribution < 1.29 is 10.2 Å². The van der Waals surface area contributed by atoms with E-state index in [2.05, 4.69) is 55.7 Å². The number of rotatable bonds is 7. The van der Waals surface area contributed by atoms with E-state index in [0.717, 1.165) is 63.4 Å². The van der Waals surface area contributed by atoms with Crippen LogP contribution in [0.4, 0.5) is 5.82 Å². The minimum atomic E-state index is 0.127. The van der Waals surface area contributed by atoms with E-state index in [9.17, 15) is 5.11 Å². The van der Waals surface area contributed by atoms with Crippen LogP contribution in [0.2, 0.25) is 0 Å². The number of fused-ring (bicyclic) bond motifs is 1. The zero-order valence-corrected chi connectivity index (χ0v) is 20.9. The summed E-state index contributed by atoms with van der Waals surface area (Å²) in [6.07, 6.45) is 5.50. The van der Waals surface area contributed by atoms with Crippen molar-refractivity contribution in [1.29, 1.82) is 0 Å². The van der Waals surface area contributed by atoms with Gasteiger partial charge in [0.05, 0.1) is 0 Å². The van der Waals surface area contributed by atoms with Crippen LogP contribution < -0.4 is 4.90 Å². The Balaban J connectivity index is 1.52. The smallest absolute Gasteiger partial charge is 0.142 e. The first-order chi connectivity index (χ1) is 15.7. The Morgan fingerprint density at radius 3 is 2.24 bits per heavy atom. The quantitative estimate of drug-likeness (QED) is 0.575. The van der Waals surface area contributed by atoms with Crippen LogP contribution in [0.15, 0.2) is 30.3 Å². The summed E-state index contributed by atoms with van der Waals surface area (Å²) in [4.78, 5) is 9.77. The molecule has 5 nitrogen and oxygen atoms in total. The number of hydrogen-bond donors (Lipinski definition) is 2. The van der Waals surface area contributed by atoms with E-state index in [1.807, 2.05) is 6.07 Å². The summed E-state index contributed by atoms with van der Waals surface area (Å²) >= 11 is 0. The van der Waals surface area contributed by atoms with Gasteiger partial charge in [0, 0.05) is 38.3 Å². The summed E-state index contributed by atoms with van der Waals surface area (Å²) in [5.74, 6) is 1.19. The average molecular weight is 452 g/mol. The first kappa shape index (κ1) is 24.0. The molecule has 2 aromatic rings. The Morgan fingerprint density at radius 1 is 0.848 bits per heavy atom. The molecule has 0 amide bonds. The topological polar surface area (TPSA) is 59.8 Å². The molecular formula is C28H41N3O2. The summed E-state index contributed by atoms with van der Waals surface area (Å²) in [5, 5.41) is 19.6. The molecule has 1 saturated heterocycles. The molecule has 2 N–H and O–H groups in total. The van der Waals surface area contributed by atoms with Crippen molar-refractivity contribution in [2.45, 2.75) is 70.6 Å². The minimum Gasteiger partial charge on any atom is -0.506 e. The van der Waals surface area contributed by atoms with Gasteiger partial charge in [0.15, 0.2) is 0 Å². The van der Waals surface area contributed by atoms with Crippen molar-refractivity contribution in [2.75, 3.05) is 44.2 Å². The molecule has 2 heterocycles. The van der Waals surface area contributed by atoms with E-state index in [4.69, 9.17) is 10.1 Å². The lowest BCUT2D eigenvalue weighted by Gasteiger charge is -2.42. The van der Waals surface area contributed by atoms with Crippen LogP contribution in [0.25, 0.3) is 11.3 Å². The fourth-order valence-electron chi connectivity index (χ4n) is 5.39. The maximum Gasteiger partial charge on any atom is 0.142 e. The highest BCUT2D eigenvalue weighted by Crippen LogP contribution is 2.47. The molecule has 4 rings (SSSR count). The lowest BCUT2D eigenvalue weighted by molar-refractivity contribution is 0.242. The molecule has 2 aliphatic rings. The molecular weight excluding hydrogens is 410 g/mol. The zero-order chi connectivity index (χ0) is 23.6. The summed E-state index contributed by atoms with van der Waals surface area (Å²) in [7, 11) is 0. The van der Waals surface area contributed by atoms with Gasteiger partial charge in [-0.2, -0.15) is 0 Å². The van der Waals surface area contributed by atoms with Gasteiger partial charge in [-0.25, -0.2) is 4.98 Å². The number of piperazine rings is 1. The lowest BCUT2D eigenvalue weighted by atomic mass is 9.63. The molecule has 5 heteroatoms. The van der Waals surface area contributed by atoms with Crippen LogP contribution >= 0.6 is 0 Å². The van der Waals surface area contributed by atoms with Crippen molar-refractivity contribution >= 4 is 5.82 Å². The molecule has 0 bridgehead atoms. The number of benzene rings is 1. The van der Waals surface area contributed by atoms with Gasteiger partial charge in [0.1, 0.15) is 17.3 Å². The number of aromatic hydroxyl groups is 1. The SMILES string of the molecule is CC1(C)CCC(C)(C)c2cc(-c3nc(N4CCN(CCCCCO)CC4)ccc3O)ccc21. The number of pyridine rings is 1. The van der Waals surface area contributed by atoms with Crippen molar-refractivity contribution in [1.82, 2.24) is 9.88 Å². The summed E-state index contributed by atoms with van der Waals surface area (Å²) in [5.41, 5.74) is 4.80. The number of aliphatic hydroxyl groups is 1. The van der Waals surface area contributed by atoms with Crippen LogP contribution in [-0.2, 0) is 10.8 Å². The fourth-order valence-corrected chi connectivity index (χ4v) is 5.39. The van der Waals surface area contributed by atoms with E-state index in [0.29, 0.717) is 12.3 Å². The second-order valence-corrected chi connectivity index (χ2v) is 11.2. The Hall–Kier alpha value is -2.11. The van der Waals surface area contributed by atoms with E-state index >= 15 is 0 Å². The molecule has 0 spiro atoms. The number of nitrogens with zero attached hydrogens (tertiary/aromatic N) is 3. The molecule has 1 aliphatic heterocycles. The fraction of sp³-hybridized carbons (Fsp3) is 0.607. The van der Waals surface area contributed by atoms with Crippen LogP contribution in [-0.4, -0.2) is 59.4 Å². The third-order valence-electron chi connectivity index (χ3n) is 7.81. The first-order valence-corrected chi connectivity index (χ1v) is 12.6. The standard InChI is InChI=1S/C28H41N3O2/c1-27(2)12-13-28(3,4)23-20-21(8-9-22(23)27)26-24(33)10-11-25(29-26)31-17-15-30(16-18-31)14-6-5-7-19-32/h8-11,20,32-33H,5-7,12-19H2,1-4H3. The Bertz CT molecular complexity index is 962. The highest BCUT2D eigenvalue weighted by atomic mass is 16.3. The maximum absolute atomic E-state index is 10.7. The second-order valence-electron chi connectivity index (χ2n) is 11.2. The molecule has 1 aromatic heterocycles. The predicted octanol–water partition coefficient (Wildman–Crippen LogP) is 5.09. The van der Waals surface area contributed by atoms with Gasteiger partial charge in [-0.3, -0.25) is 4.90 Å². The summed E-state index contributed by atoms with van der Waals surface area (Å²) in [6, 6.07) is 10.4. The normalized spacial score (nSPS) is 20.0. The number of aromatic nitrogens is 1. The maximum atomic E-state index is 10.7. The van der Waals surface area contributed by atoms with Gasteiger partial charge in [0.25, 0.3) is 0 Å². The van der Waals surface area contributed by atoms with E-state index in [1.165, 1.54) is 24.0 Å². The van der Waals surface area contributed by atoms with Crippen LogP contribution in [0.5, 0.6) is 5.75 Å². The Kier molecular flexibility index (Phi) is 7.01. The molecule has 33 heavy (non-hydrogen) atoms. The van der Waals surface area contributed by atoms with E-state index in [1.54, 1.807) is 6.07 Å². The molecule has 1 fully saturated rings. The molecule has 0 radical (unpaired) electrons. The van der Waals surface area contributed by atoms with Crippen molar-refractivity contribution in [2.24, 2.45) is 0 Å². The van der Waals surface area contributed by atoms with Crippen molar-refractivity contribution in [3.63, 3.8) is 0 Å². The number of hydrogen-bond acceptors (Lipinski definition) is 5. The molecule has 180 valence electrons. The molecule has 1 aliphatic carbocycles. The number of anilines is 1. The van der Waals surface area contributed by atoms with Crippen molar-refractivity contribution in [3.8, 4) is 17.0 Å². The van der Waals surface area contributed by atoms with Gasteiger partial charge in [0.2, 0.25) is 0 Å². The molecule has 0 saturated carbocycles. The minimum absolute atomic E-state index is 0.127. The number of aliphatic hydroxyl groups excluding tert-OH is 1. The highest BCUT2D eigenvalue weighted by Gasteiger charge is 2.37. The molecule has 0 atom stereocenters. The van der Waals surface area contributed by atoms with Gasteiger partial charge in [-0.1, -0.05) is 39.8 Å². The second kappa shape index (κ2) is 9.63. The first-order valence-electron chi connectivity index (χ1n) is 12.6. The largest absolute Gasteiger partial charge is 0.506 e. The Labute approximate surface area is 199 Å². The van der Waals surface area contributed by atoms with Crippen LogP contribution in [0, 0.1) is 0 Å². The van der Waals surface area contributed by atoms with Gasteiger partial charge >= 0.3 is 0 Å².